The number of carbonyl (C=O) groups is 2. The molecule has 0 amide bonds. The van der Waals surface area contributed by atoms with Crippen LogP contribution < -0.4 is 0 Å². The number of hydrogen-bond acceptors (Lipinski definition) is 3. The van der Waals surface area contributed by atoms with Crippen molar-refractivity contribution in [2.75, 3.05) is 0 Å². The van der Waals surface area contributed by atoms with Crippen LogP contribution in [-0.4, -0.2) is 22.8 Å². The van der Waals surface area contributed by atoms with Gasteiger partial charge in [0.1, 0.15) is 12.1 Å². The first-order valence-electron chi connectivity index (χ1n) is 9.54. The average Bonchev–Trinajstić information content (AvgIpc) is 2.79. The van der Waals surface area contributed by atoms with Crippen molar-refractivity contribution >= 4 is 12.1 Å². The molecule has 23 heavy (non-hydrogen) atoms. The highest BCUT2D eigenvalue weighted by molar-refractivity contribution is 5.79. The number of hydrogen-bond donors (Lipinski definition) is 1. The monoisotopic (exact) mass is 318 g/mol. The number of rotatable bonds is 1. The number of fused-ring (bicyclic) bond motifs is 5. The van der Waals surface area contributed by atoms with Crippen LogP contribution in [0.1, 0.15) is 71.6 Å². The Bertz CT molecular complexity index is 543. The van der Waals surface area contributed by atoms with Crippen LogP contribution in [0.4, 0.5) is 0 Å². The zero-order valence-electron chi connectivity index (χ0n) is 14.5. The Morgan fingerprint density at radius 3 is 2.57 bits per heavy atom. The molecule has 1 N–H and O–H groups in total. The summed E-state index contributed by atoms with van der Waals surface area (Å²) >= 11 is 0. The predicted molar refractivity (Wildman–Crippen MR) is 87.7 cm³/mol. The molecule has 3 nitrogen and oxygen atoms in total. The molecule has 0 spiro atoms. The van der Waals surface area contributed by atoms with E-state index in [4.69, 9.17) is 0 Å². The molecule has 0 heterocycles. The fraction of sp³-hybridized carbons (Fsp3) is 0.900. The minimum Gasteiger partial charge on any atom is -0.389 e. The van der Waals surface area contributed by atoms with E-state index in [1.165, 1.54) is 0 Å². The lowest BCUT2D eigenvalue weighted by Gasteiger charge is -2.62. The second-order valence-electron chi connectivity index (χ2n) is 9.40. The summed E-state index contributed by atoms with van der Waals surface area (Å²) in [5.41, 5.74) is -0.687. The summed E-state index contributed by atoms with van der Waals surface area (Å²) in [6.45, 7) is 4.55. The van der Waals surface area contributed by atoms with Crippen LogP contribution in [0.3, 0.4) is 0 Å². The first kappa shape index (κ1) is 15.8. The summed E-state index contributed by atoms with van der Waals surface area (Å²) in [5.74, 6) is 1.82. The van der Waals surface area contributed by atoms with Gasteiger partial charge in [-0.1, -0.05) is 13.8 Å². The first-order chi connectivity index (χ1) is 10.8. The number of ketones is 1. The Kier molecular flexibility index (Phi) is 3.37. The average molecular weight is 318 g/mol. The summed E-state index contributed by atoms with van der Waals surface area (Å²) in [4.78, 5) is 23.5. The zero-order chi connectivity index (χ0) is 16.5. The van der Waals surface area contributed by atoms with Crippen molar-refractivity contribution in [1.82, 2.24) is 0 Å². The molecule has 0 radical (unpaired) electrons. The van der Waals surface area contributed by atoms with Crippen LogP contribution in [0.2, 0.25) is 0 Å². The van der Waals surface area contributed by atoms with Crippen LogP contribution in [-0.2, 0) is 9.59 Å². The fourth-order valence-electron chi connectivity index (χ4n) is 7.27. The molecule has 4 fully saturated rings. The van der Waals surface area contributed by atoms with Gasteiger partial charge in [-0.3, -0.25) is 4.79 Å². The van der Waals surface area contributed by atoms with Gasteiger partial charge in [-0.05, 0) is 68.1 Å². The van der Waals surface area contributed by atoms with Crippen molar-refractivity contribution in [2.45, 2.75) is 77.2 Å². The minimum absolute atomic E-state index is 0.0203. The van der Waals surface area contributed by atoms with Gasteiger partial charge in [-0.15, -0.1) is 0 Å². The quantitative estimate of drug-likeness (QED) is 0.753. The molecule has 0 aromatic heterocycles. The molecule has 0 aliphatic heterocycles. The molecule has 7 atom stereocenters. The molecular weight excluding hydrogens is 288 g/mol. The Morgan fingerprint density at radius 2 is 1.83 bits per heavy atom. The molecule has 4 aliphatic carbocycles. The Morgan fingerprint density at radius 1 is 1.04 bits per heavy atom. The van der Waals surface area contributed by atoms with Crippen LogP contribution in [0.15, 0.2) is 0 Å². The summed E-state index contributed by atoms with van der Waals surface area (Å²) in [6.07, 6.45) is 9.41. The van der Waals surface area contributed by atoms with E-state index in [0.29, 0.717) is 23.5 Å². The highest BCUT2D eigenvalue weighted by Gasteiger charge is 2.67. The number of Topliss-reactive ketones (excluding diaryl/α,β-unsaturated/α-hetero) is 1. The molecule has 0 aromatic rings. The summed E-state index contributed by atoms with van der Waals surface area (Å²) in [6, 6.07) is 0. The van der Waals surface area contributed by atoms with Gasteiger partial charge in [0, 0.05) is 24.2 Å². The number of aldehydes is 1. The van der Waals surface area contributed by atoms with Crippen LogP contribution >= 0.6 is 0 Å². The molecule has 4 aliphatic rings. The molecule has 0 aromatic carbocycles. The number of aliphatic hydroxyl groups is 1. The topological polar surface area (TPSA) is 54.4 Å². The van der Waals surface area contributed by atoms with Crippen LogP contribution in [0.25, 0.3) is 0 Å². The predicted octanol–water partition coefficient (Wildman–Crippen LogP) is 3.53. The van der Waals surface area contributed by atoms with E-state index in [1.54, 1.807) is 0 Å². The smallest absolute Gasteiger partial charge is 0.133 e. The molecule has 0 unspecified atom stereocenters. The van der Waals surface area contributed by atoms with Gasteiger partial charge in [0.2, 0.25) is 0 Å². The molecule has 3 heteroatoms. The normalized spacial score (nSPS) is 55.7. The maximum absolute atomic E-state index is 11.9. The van der Waals surface area contributed by atoms with E-state index >= 15 is 0 Å². The Labute approximate surface area is 139 Å². The summed E-state index contributed by atoms with van der Waals surface area (Å²) < 4.78 is 0. The van der Waals surface area contributed by atoms with E-state index in [2.05, 4.69) is 13.8 Å². The first-order valence-corrected chi connectivity index (χ1v) is 9.54. The second-order valence-corrected chi connectivity index (χ2v) is 9.40. The molecular formula is C20H30O3. The highest BCUT2D eigenvalue weighted by atomic mass is 16.3. The molecule has 0 bridgehead atoms. The molecule has 4 rings (SSSR count). The Balaban J connectivity index is 1.69. The van der Waals surface area contributed by atoms with Gasteiger partial charge in [0.15, 0.2) is 0 Å². The van der Waals surface area contributed by atoms with Crippen LogP contribution in [0, 0.1) is 34.5 Å². The van der Waals surface area contributed by atoms with E-state index < -0.39 is 5.60 Å². The third-order valence-corrected chi connectivity index (χ3v) is 8.90. The lowest BCUT2D eigenvalue weighted by atomic mass is 9.43. The summed E-state index contributed by atoms with van der Waals surface area (Å²) in [5, 5.41) is 11.7. The van der Waals surface area contributed by atoms with Gasteiger partial charge in [0.05, 0.1) is 5.60 Å². The Hall–Kier alpha value is -0.700. The zero-order valence-corrected chi connectivity index (χ0v) is 14.5. The minimum atomic E-state index is -0.670. The largest absolute Gasteiger partial charge is 0.389 e. The van der Waals surface area contributed by atoms with Gasteiger partial charge in [-0.2, -0.15) is 0 Å². The third-order valence-electron chi connectivity index (χ3n) is 8.90. The highest BCUT2D eigenvalue weighted by Crippen LogP contribution is 2.68. The lowest BCUT2D eigenvalue weighted by molar-refractivity contribution is -0.204. The number of carbonyl (C=O) groups excluding carboxylic acids is 2. The van der Waals surface area contributed by atoms with Gasteiger partial charge in [-0.25, -0.2) is 0 Å². The lowest BCUT2D eigenvalue weighted by Crippen LogP contribution is -2.62. The second kappa shape index (κ2) is 4.91. The van der Waals surface area contributed by atoms with Crippen molar-refractivity contribution < 1.29 is 14.7 Å². The standard InChI is InChI=1S/C20H30O3/c1-18-8-6-15(22)11-13(18)3-4-17-16(18)7-9-19(2)14(12-21)5-10-20(17,19)23/h12-14,16-17,23H,3-11H2,1-2H3/t13-,14-,16+,17-,18+,19-,20+/m1/s1. The third kappa shape index (κ3) is 1.86. The van der Waals surface area contributed by atoms with E-state index in [0.717, 1.165) is 64.1 Å². The maximum Gasteiger partial charge on any atom is 0.133 e. The SMILES string of the molecule is C[C@]12CCC(=O)C[C@H]1CC[C@@H]1[C@@H]2CC[C@]2(C)[C@@H](C=O)CC[C@]12O. The fourth-order valence-corrected chi connectivity index (χ4v) is 7.27. The van der Waals surface area contributed by atoms with Crippen molar-refractivity contribution in [1.29, 1.82) is 0 Å². The molecule has 4 saturated carbocycles. The van der Waals surface area contributed by atoms with E-state index in [9.17, 15) is 14.7 Å². The van der Waals surface area contributed by atoms with Gasteiger partial charge < -0.3 is 9.90 Å². The summed E-state index contributed by atoms with van der Waals surface area (Å²) in [7, 11) is 0. The van der Waals surface area contributed by atoms with E-state index in [1.807, 2.05) is 0 Å². The van der Waals surface area contributed by atoms with Crippen LogP contribution in [0.5, 0.6) is 0 Å². The van der Waals surface area contributed by atoms with Crippen molar-refractivity contribution in [3.05, 3.63) is 0 Å². The van der Waals surface area contributed by atoms with Crippen molar-refractivity contribution in [3.63, 3.8) is 0 Å². The van der Waals surface area contributed by atoms with Crippen molar-refractivity contribution in [3.8, 4) is 0 Å². The van der Waals surface area contributed by atoms with Crippen molar-refractivity contribution in [2.24, 2.45) is 34.5 Å². The van der Waals surface area contributed by atoms with Gasteiger partial charge >= 0.3 is 0 Å². The van der Waals surface area contributed by atoms with Gasteiger partial charge in [0.25, 0.3) is 0 Å². The molecule has 128 valence electrons. The maximum atomic E-state index is 11.9. The molecule has 0 saturated heterocycles. The van der Waals surface area contributed by atoms with E-state index in [-0.39, 0.29) is 16.7 Å².